The number of amides is 1. The minimum absolute atomic E-state index is 0.253. The van der Waals surface area contributed by atoms with Gasteiger partial charge in [0, 0.05) is 33.8 Å². The number of nitrogens with one attached hydrogen (secondary N) is 1. The molecule has 1 fully saturated rings. The maximum absolute atomic E-state index is 12.0. The zero-order valence-corrected chi connectivity index (χ0v) is 19.5. The van der Waals surface area contributed by atoms with E-state index >= 15 is 0 Å². The second-order valence-corrected chi connectivity index (χ2v) is 8.38. The molecule has 1 saturated heterocycles. The molecule has 1 aromatic carbocycles. The van der Waals surface area contributed by atoms with E-state index < -0.39 is 59.4 Å². The quantitative estimate of drug-likeness (QED) is 0.428. The van der Waals surface area contributed by atoms with Gasteiger partial charge in [-0.1, -0.05) is 11.3 Å². The molecule has 0 unspecified atom stereocenters. The van der Waals surface area contributed by atoms with Crippen LogP contribution in [0.25, 0.3) is 10.3 Å². The number of benzene rings is 1. The van der Waals surface area contributed by atoms with Crippen LogP contribution in [-0.4, -0.2) is 61.1 Å². The van der Waals surface area contributed by atoms with E-state index in [0.29, 0.717) is 10.3 Å². The summed E-state index contributed by atoms with van der Waals surface area (Å²) in [5.41, 5.74) is 0.366. The number of fused-ring (bicyclic) bond motifs is 1. The van der Waals surface area contributed by atoms with Crippen molar-refractivity contribution in [3.05, 3.63) is 27.9 Å². The van der Waals surface area contributed by atoms with Crippen LogP contribution in [0.1, 0.15) is 27.7 Å². The summed E-state index contributed by atoms with van der Waals surface area (Å²) in [5.74, 6) is -2.28. The second kappa shape index (κ2) is 10.7. The lowest BCUT2D eigenvalue weighted by Gasteiger charge is -2.44. The smallest absolute Gasteiger partial charge is 0.396 e. The van der Waals surface area contributed by atoms with Crippen molar-refractivity contribution in [3.63, 3.8) is 0 Å². The maximum atomic E-state index is 12.0. The molecule has 0 aliphatic carbocycles. The third-order valence-corrected chi connectivity index (χ3v) is 5.41. The lowest BCUT2D eigenvalue weighted by Crippen LogP contribution is -2.67. The van der Waals surface area contributed by atoms with Gasteiger partial charge in [0.25, 0.3) is 0 Å². The molecule has 0 radical (unpaired) electrons. The number of carbonyl (C=O) groups is 4. The Morgan fingerprint density at radius 2 is 1.68 bits per heavy atom. The minimum atomic E-state index is -1.26. The summed E-state index contributed by atoms with van der Waals surface area (Å²) in [6.07, 6.45) is -4.82. The fourth-order valence-corrected chi connectivity index (χ4v) is 4.15. The van der Waals surface area contributed by atoms with Crippen molar-refractivity contribution in [1.29, 1.82) is 0 Å². The average Bonchev–Trinajstić information content (AvgIpc) is 3.09. The highest BCUT2D eigenvalue weighted by molar-refractivity contribution is 7.16. The van der Waals surface area contributed by atoms with E-state index in [1.165, 1.54) is 26.0 Å². The Labute approximate surface area is 197 Å². The van der Waals surface area contributed by atoms with Gasteiger partial charge >= 0.3 is 22.8 Å². The third kappa shape index (κ3) is 6.32. The summed E-state index contributed by atoms with van der Waals surface area (Å²) in [7, 11) is 0. The minimum Gasteiger partial charge on any atom is -0.463 e. The first kappa shape index (κ1) is 25.2. The van der Waals surface area contributed by atoms with E-state index in [9.17, 15) is 24.0 Å². The van der Waals surface area contributed by atoms with Crippen molar-refractivity contribution in [1.82, 2.24) is 5.32 Å². The van der Waals surface area contributed by atoms with Crippen molar-refractivity contribution >= 4 is 45.4 Å². The summed E-state index contributed by atoms with van der Waals surface area (Å²) in [6.45, 7) is 4.38. The van der Waals surface area contributed by atoms with Gasteiger partial charge in [0.05, 0.1) is 4.70 Å². The van der Waals surface area contributed by atoms with Gasteiger partial charge in [-0.2, -0.15) is 0 Å². The molecule has 1 aromatic heterocycles. The number of ether oxygens (including phenoxy) is 5. The van der Waals surface area contributed by atoms with Crippen LogP contribution in [0.15, 0.2) is 27.4 Å². The molecule has 13 heteroatoms. The molecule has 2 heterocycles. The van der Waals surface area contributed by atoms with Crippen LogP contribution >= 0.6 is 11.3 Å². The third-order valence-electron chi connectivity index (χ3n) is 4.63. The Morgan fingerprint density at radius 3 is 2.29 bits per heavy atom. The number of carbonyl (C=O) groups excluding carboxylic acids is 4. The molecule has 12 nitrogen and oxygen atoms in total. The monoisotopic (exact) mass is 497 g/mol. The molecule has 0 bridgehead atoms. The molecule has 1 aliphatic rings. The first-order valence-corrected chi connectivity index (χ1v) is 11.0. The zero-order valence-electron chi connectivity index (χ0n) is 18.7. The number of hydrogen-bond acceptors (Lipinski definition) is 12. The average molecular weight is 497 g/mol. The van der Waals surface area contributed by atoms with Gasteiger partial charge in [0.15, 0.2) is 12.2 Å². The van der Waals surface area contributed by atoms with Crippen molar-refractivity contribution in [2.45, 2.75) is 58.3 Å². The van der Waals surface area contributed by atoms with Crippen LogP contribution in [0, 0.1) is 0 Å². The molecule has 1 N–H and O–H groups in total. The normalized spacial score (nSPS) is 24.2. The van der Waals surface area contributed by atoms with Crippen LogP contribution < -0.4 is 15.0 Å². The van der Waals surface area contributed by atoms with Crippen molar-refractivity contribution in [3.8, 4) is 5.75 Å². The van der Waals surface area contributed by atoms with E-state index in [4.69, 9.17) is 28.1 Å². The molecule has 5 atom stereocenters. The Hall–Kier alpha value is -3.45. The molecule has 184 valence electrons. The molecule has 0 spiro atoms. The predicted molar refractivity (Wildman–Crippen MR) is 115 cm³/mol. The maximum Gasteiger partial charge on any atom is 0.396 e. The molecule has 0 saturated carbocycles. The van der Waals surface area contributed by atoms with E-state index in [1.807, 2.05) is 0 Å². The highest BCUT2D eigenvalue weighted by Crippen LogP contribution is 2.30. The van der Waals surface area contributed by atoms with Crippen LogP contribution in [0.2, 0.25) is 0 Å². The van der Waals surface area contributed by atoms with Crippen LogP contribution in [0.3, 0.4) is 0 Å². The summed E-state index contributed by atoms with van der Waals surface area (Å²) in [5, 5.41) is 2.61. The summed E-state index contributed by atoms with van der Waals surface area (Å²) < 4.78 is 33.2. The Bertz CT molecular complexity index is 1140. The van der Waals surface area contributed by atoms with Gasteiger partial charge in [-0.05, 0) is 12.1 Å². The van der Waals surface area contributed by atoms with E-state index in [2.05, 4.69) is 5.32 Å². The summed E-state index contributed by atoms with van der Waals surface area (Å²) in [6, 6.07) is 3.48. The molecule has 34 heavy (non-hydrogen) atoms. The van der Waals surface area contributed by atoms with Crippen LogP contribution in [0.5, 0.6) is 5.75 Å². The van der Waals surface area contributed by atoms with E-state index in [-0.39, 0.29) is 12.4 Å². The van der Waals surface area contributed by atoms with Crippen LogP contribution in [-0.2, 0) is 38.1 Å². The lowest BCUT2D eigenvalue weighted by atomic mass is 9.96. The summed E-state index contributed by atoms with van der Waals surface area (Å²) >= 11 is 0.871. The first-order chi connectivity index (χ1) is 16.0. The predicted octanol–water partition coefficient (Wildman–Crippen LogP) is 0.889. The fraction of sp³-hybridized carbons (Fsp3) is 0.476. The second-order valence-electron chi connectivity index (χ2n) is 7.40. The van der Waals surface area contributed by atoms with Crippen molar-refractivity contribution in [2.75, 3.05) is 6.61 Å². The van der Waals surface area contributed by atoms with Crippen molar-refractivity contribution < 1.29 is 47.3 Å². The zero-order chi connectivity index (χ0) is 25.0. The van der Waals surface area contributed by atoms with Gasteiger partial charge in [0.1, 0.15) is 30.1 Å². The van der Waals surface area contributed by atoms with E-state index in [1.54, 1.807) is 6.07 Å². The Balaban J connectivity index is 1.99. The molecule has 1 amide bonds. The largest absolute Gasteiger partial charge is 0.463 e. The van der Waals surface area contributed by atoms with Gasteiger partial charge in [-0.15, -0.1) is 0 Å². The van der Waals surface area contributed by atoms with E-state index in [0.717, 1.165) is 25.2 Å². The molecule has 3 rings (SSSR count). The highest BCUT2D eigenvalue weighted by Gasteiger charge is 2.52. The van der Waals surface area contributed by atoms with Gasteiger partial charge in [-0.25, -0.2) is 4.79 Å². The number of hydrogen-bond donors (Lipinski definition) is 1. The first-order valence-electron chi connectivity index (χ1n) is 10.1. The Morgan fingerprint density at radius 1 is 1.00 bits per heavy atom. The summed E-state index contributed by atoms with van der Waals surface area (Å²) in [4.78, 5) is 58.0. The number of esters is 3. The van der Waals surface area contributed by atoms with Crippen molar-refractivity contribution in [2.24, 2.45) is 0 Å². The lowest BCUT2D eigenvalue weighted by molar-refractivity contribution is -0.257. The van der Waals surface area contributed by atoms with Gasteiger partial charge in [-0.3, -0.25) is 19.2 Å². The Kier molecular flexibility index (Phi) is 7.89. The molecule has 1 aliphatic heterocycles. The van der Waals surface area contributed by atoms with Gasteiger partial charge in [0.2, 0.25) is 12.2 Å². The fourth-order valence-electron chi connectivity index (χ4n) is 3.45. The molecule has 2 aromatic rings. The topological polar surface area (TPSA) is 157 Å². The molecular weight excluding hydrogens is 474 g/mol. The number of rotatable bonds is 7. The SMILES string of the molecule is CC(=O)N[C@H]1[C@@H](Oc2ccc3oc(=O)sc3c2)O[C@@H](COC(C)=O)[C@@H](OC(C)=O)[C@@H]1OC(C)=O. The highest BCUT2D eigenvalue weighted by atomic mass is 32.1. The van der Waals surface area contributed by atoms with Gasteiger partial charge < -0.3 is 33.4 Å². The standard InChI is InChI=1S/C21H23NO11S/c1-9(23)22-17-19(30-12(4)26)18(29-11(3)25)15(8-28-10(2)24)32-20(17)31-13-5-6-14-16(7-13)34-21(27)33-14/h5-7,15,17-20H,8H2,1-4H3,(H,22,23)/t15-,17+,18+,19+,20-/m0/s1. The molecular formula is C21H23NO11S. The van der Waals surface area contributed by atoms with Crippen LogP contribution in [0.4, 0.5) is 0 Å².